The molecule has 0 N–H and O–H groups in total. The van der Waals surface area contributed by atoms with Gasteiger partial charge in [-0.1, -0.05) is 12.1 Å². The Hall–Kier alpha value is -2.44. The van der Waals surface area contributed by atoms with Gasteiger partial charge in [0.2, 0.25) is 5.78 Å². The molecule has 2 aliphatic rings. The number of benzene rings is 1. The van der Waals surface area contributed by atoms with Gasteiger partial charge in [0.25, 0.3) is 0 Å². The van der Waals surface area contributed by atoms with Crippen molar-refractivity contribution in [1.82, 2.24) is 4.90 Å². The molecule has 1 atom stereocenters. The molecule has 6 heteroatoms. The first kappa shape index (κ1) is 17.4. The molecule has 0 aromatic heterocycles. The van der Waals surface area contributed by atoms with E-state index < -0.39 is 0 Å². The van der Waals surface area contributed by atoms with E-state index in [2.05, 4.69) is 4.90 Å². The number of rotatable bonds is 5. The maximum absolute atomic E-state index is 12.6. The molecular formula is C19H21NO5. The molecule has 0 amide bonds. The first-order valence-corrected chi connectivity index (χ1v) is 8.15. The third kappa shape index (κ3) is 3.65. The summed E-state index contributed by atoms with van der Waals surface area (Å²) in [6, 6.07) is 7.25. The molecule has 1 aromatic rings. The predicted octanol–water partition coefficient (Wildman–Crippen LogP) is 1.68. The fourth-order valence-corrected chi connectivity index (χ4v) is 3.14. The lowest BCUT2D eigenvalue weighted by Crippen LogP contribution is -2.41. The molecule has 1 saturated heterocycles. The van der Waals surface area contributed by atoms with Gasteiger partial charge in [0, 0.05) is 24.7 Å². The molecule has 0 radical (unpaired) electrons. The largest absolute Gasteiger partial charge is 0.497 e. The number of hydrogen-bond acceptors (Lipinski definition) is 6. The van der Waals surface area contributed by atoms with Crippen LogP contribution in [-0.4, -0.2) is 57.0 Å². The van der Waals surface area contributed by atoms with Crippen LogP contribution in [0.1, 0.15) is 11.6 Å². The van der Waals surface area contributed by atoms with E-state index >= 15 is 0 Å². The van der Waals surface area contributed by atoms with E-state index in [1.165, 1.54) is 19.3 Å². The average Bonchev–Trinajstić information content (AvgIpc) is 2.66. The highest BCUT2D eigenvalue weighted by Gasteiger charge is 2.32. The molecule has 1 fully saturated rings. The first-order valence-electron chi connectivity index (χ1n) is 8.15. The number of ether oxygens (including phenoxy) is 3. The molecule has 0 spiro atoms. The lowest BCUT2D eigenvalue weighted by atomic mass is 9.89. The zero-order valence-electron chi connectivity index (χ0n) is 14.4. The van der Waals surface area contributed by atoms with Crippen molar-refractivity contribution >= 4 is 11.6 Å². The molecular weight excluding hydrogens is 322 g/mol. The van der Waals surface area contributed by atoms with E-state index in [1.807, 2.05) is 24.3 Å². The number of carbonyl (C=O) groups is 2. The Labute approximate surface area is 146 Å². The van der Waals surface area contributed by atoms with Gasteiger partial charge in [0.05, 0.1) is 33.5 Å². The monoisotopic (exact) mass is 343 g/mol. The van der Waals surface area contributed by atoms with Crippen molar-refractivity contribution < 1.29 is 23.8 Å². The summed E-state index contributed by atoms with van der Waals surface area (Å²) in [7, 11) is 3.00. The number of methoxy groups -OCH3 is 2. The second-order valence-electron chi connectivity index (χ2n) is 5.86. The zero-order chi connectivity index (χ0) is 17.8. The molecule has 132 valence electrons. The molecule has 1 aliphatic carbocycles. The summed E-state index contributed by atoms with van der Waals surface area (Å²) < 4.78 is 15.6. The van der Waals surface area contributed by atoms with E-state index in [0.717, 1.165) is 11.3 Å². The van der Waals surface area contributed by atoms with Gasteiger partial charge in [-0.05, 0) is 23.8 Å². The van der Waals surface area contributed by atoms with Crippen LogP contribution in [-0.2, 0) is 19.1 Å². The van der Waals surface area contributed by atoms with E-state index in [0.29, 0.717) is 31.9 Å². The van der Waals surface area contributed by atoms with Crippen LogP contribution in [0.2, 0.25) is 0 Å². The van der Waals surface area contributed by atoms with Crippen molar-refractivity contribution in [2.75, 3.05) is 40.5 Å². The smallest absolute Gasteiger partial charge is 0.220 e. The topological polar surface area (TPSA) is 65.1 Å². The van der Waals surface area contributed by atoms with Gasteiger partial charge >= 0.3 is 0 Å². The van der Waals surface area contributed by atoms with Gasteiger partial charge < -0.3 is 14.2 Å². The second kappa shape index (κ2) is 7.63. The summed E-state index contributed by atoms with van der Waals surface area (Å²) in [5, 5.41) is 0. The second-order valence-corrected chi connectivity index (χ2v) is 5.86. The molecule has 1 unspecified atom stereocenters. The SMILES string of the molecule is COC1=CC(=O)C(C(c2ccc(OC)cc2)N2CCOCC2)=CC1=O. The van der Waals surface area contributed by atoms with Crippen LogP contribution in [0.4, 0.5) is 0 Å². The summed E-state index contributed by atoms with van der Waals surface area (Å²) in [6.45, 7) is 2.58. The van der Waals surface area contributed by atoms with Crippen LogP contribution < -0.4 is 4.74 Å². The average molecular weight is 343 g/mol. The Morgan fingerprint density at radius 2 is 1.64 bits per heavy atom. The first-order chi connectivity index (χ1) is 12.1. The Kier molecular flexibility index (Phi) is 5.31. The highest BCUT2D eigenvalue weighted by atomic mass is 16.5. The van der Waals surface area contributed by atoms with Crippen LogP contribution in [0, 0.1) is 0 Å². The normalized spacial score (nSPS) is 19.9. The third-order valence-corrected chi connectivity index (χ3v) is 4.43. The predicted molar refractivity (Wildman–Crippen MR) is 91.3 cm³/mol. The lowest BCUT2D eigenvalue weighted by molar-refractivity contribution is -0.117. The molecule has 1 aliphatic heterocycles. The minimum atomic E-state index is -0.305. The quantitative estimate of drug-likeness (QED) is 0.758. The molecule has 1 heterocycles. The summed E-state index contributed by atoms with van der Waals surface area (Å²) >= 11 is 0. The molecule has 0 bridgehead atoms. The van der Waals surface area contributed by atoms with Gasteiger partial charge in [0.15, 0.2) is 11.5 Å². The van der Waals surface area contributed by atoms with Crippen molar-refractivity contribution in [2.45, 2.75) is 6.04 Å². The number of morpholine rings is 1. The van der Waals surface area contributed by atoms with E-state index in [9.17, 15) is 9.59 Å². The van der Waals surface area contributed by atoms with Crippen molar-refractivity contribution in [3.8, 4) is 5.75 Å². The number of carbonyl (C=O) groups excluding carboxylic acids is 2. The van der Waals surface area contributed by atoms with Crippen LogP contribution in [0.25, 0.3) is 0 Å². The number of ketones is 2. The molecule has 3 rings (SSSR count). The van der Waals surface area contributed by atoms with Crippen molar-refractivity contribution in [3.05, 3.63) is 53.3 Å². The Morgan fingerprint density at radius 3 is 2.24 bits per heavy atom. The molecule has 6 nitrogen and oxygen atoms in total. The van der Waals surface area contributed by atoms with Gasteiger partial charge in [-0.25, -0.2) is 0 Å². The maximum Gasteiger partial charge on any atom is 0.220 e. The maximum atomic E-state index is 12.6. The number of allylic oxidation sites excluding steroid dienone is 2. The van der Waals surface area contributed by atoms with Crippen LogP contribution in [0.5, 0.6) is 5.75 Å². The van der Waals surface area contributed by atoms with E-state index in [4.69, 9.17) is 14.2 Å². The van der Waals surface area contributed by atoms with Crippen molar-refractivity contribution in [1.29, 1.82) is 0 Å². The summed E-state index contributed by atoms with van der Waals surface area (Å²) in [4.78, 5) is 27.0. The van der Waals surface area contributed by atoms with Crippen LogP contribution >= 0.6 is 0 Å². The van der Waals surface area contributed by atoms with Crippen molar-refractivity contribution in [3.63, 3.8) is 0 Å². The molecule has 25 heavy (non-hydrogen) atoms. The Balaban J connectivity index is 1.98. The summed E-state index contributed by atoms with van der Waals surface area (Å²) in [6.07, 6.45) is 2.67. The van der Waals surface area contributed by atoms with Crippen LogP contribution in [0.3, 0.4) is 0 Å². The van der Waals surface area contributed by atoms with Crippen LogP contribution in [0.15, 0.2) is 47.7 Å². The zero-order valence-corrected chi connectivity index (χ0v) is 14.4. The molecule has 0 saturated carbocycles. The summed E-state index contributed by atoms with van der Waals surface area (Å²) in [5.74, 6) is 0.322. The fourth-order valence-electron chi connectivity index (χ4n) is 3.14. The number of hydrogen-bond donors (Lipinski definition) is 0. The Morgan fingerprint density at radius 1 is 0.960 bits per heavy atom. The number of nitrogens with zero attached hydrogens (tertiary/aromatic N) is 1. The molecule has 1 aromatic carbocycles. The fraction of sp³-hybridized carbons (Fsp3) is 0.368. The van der Waals surface area contributed by atoms with Gasteiger partial charge in [-0.2, -0.15) is 0 Å². The highest BCUT2D eigenvalue weighted by Crippen LogP contribution is 2.33. The Bertz CT molecular complexity index is 714. The summed E-state index contributed by atoms with van der Waals surface area (Å²) in [5.41, 5.74) is 1.39. The van der Waals surface area contributed by atoms with Gasteiger partial charge in [-0.15, -0.1) is 0 Å². The minimum absolute atomic E-state index is 0.0733. The highest BCUT2D eigenvalue weighted by molar-refractivity contribution is 6.19. The van der Waals surface area contributed by atoms with E-state index in [-0.39, 0.29) is 23.4 Å². The lowest BCUT2D eigenvalue weighted by Gasteiger charge is -2.36. The van der Waals surface area contributed by atoms with Gasteiger partial charge in [-0.3, -0.25) is 14.5 Å². The third-order valence-electron chi connectivity index (χ3n) is 4.43. The van der Waals surface area contributed by atoms with Gasteiger partial charge in [0.1, 0.15) is 5.75 Å². The van der Waals surface area contributed by atoms with E-state index in [1.54, 1.807) is 7.11 Å². The standard InChI is InChI=1S/C19H21NO5/c1-23-14-5-3-13(4-6-14)19(20-7-9-25-10-8-20)15-11-17(22)18(24-2)12-16(15)21/h3-6,11-12,19H,7-10H2,1-2H3. The minimum Gasteiger partial charge on any atom is -0.497 e. The van der Waals surface area contributed by atoms with Crippen molar-refractivity contribution in [2.24, 2.45) is 0 Å².